The molecule has 128 valence electrons. The molecule has 0 amide bonds. The lowest BCUT2D eigenvalue weighted by Crippen LogP contribution is -2.25. The number of nitro groups is 1. The van der Waals surface area contributed by atoms with Gasteiger partial charge in [0.15, 0.2) is 11.6 Å². The van der Waals surface area contributed by atoms with Gasteiger partial charge in [0.1, 0.15) is 11.8 Å². The van der Waals surface area contributed by atoms with Gasteiger partial charge in [0.2, 0.25) is 5.82 Å². The minimum absolute atomic E-state index is 0.103. The van der Waals surface area contributed by atoms with E-state index < -0.39 is 22.7 Å². The first-order valence-electron chi connectivity index (χ1n) is 7.39. The van der Waals surface area contributed by atoms with Gasteiger partial charge in [-0.2, -0.15) is 5.10 Å². The second kappa shape index (κ2) is 6.16. The summed E-state index contributed by atoms with van der Waals surface area (Å²) in [5.74, 6) is -1.62. The molecule has 3 rings (SSSR count). The highest BCUT2D eigenvalue weighted by Gasteiger charge is 2.34. The van der Waals surface area contributed by atoms with E-state index in [1.54, 1.807) is 14.0 Å². The van der Waals surface area contributed by atoms with Crippen LogP contribution < -0.4 is 5.32 Å². The first-order valence-corrected chi connectivity index (χ1v) is 7.39. The van der Waals surface area contributed by atoms with Crippen molar-refractivity contribution in [2.45, 2.75) is 25.5 Å². The molecule has 1 fully saturated rings. The maximum atomic E-state index is 13.5. The smallest absolute Gasteiger partial charge is 0.333 e. The summed E-state index contributed by atoms with van der Waals surface area (Å²) >= 11 is 0. The predicted molar refractivity (Wildman–Crippen MR) is 81.7 cm³/mol. The van der Waals surface area contributed by atoms with E-state index in [2.05, 4.69) is 10.4 Å². The minimum Gasteiger partial charge on any atom is -0.371 e. The van der Waals surface area contributed by atoms with Gasteiger partial charge in [0, 0.05) is 13.7 Å². The van der Waals surface area contributed by atoms with E-state index in [1.807, 2.05) is 0 Å². The Bertz CT molecular complexity index is 793. The number of anilines is 1. The SMILES string of the molecule is Cc1nn(C)c(NC2CCOC2c2ccc(F)c(F)c2)c1[N+](=O)[O-]. The van der Waals surface area contributed by atoms with E-state index >= 15 is 0 Å². The summed E-state index contributed by atoms with van der Waals surface area (Å²) in [7, 11) is 1.60. The van der Waals surface area contributed by atoms with E-state index in [9.17, 15) is 18.9 Å². The lowest BCUT2D eigenvalue weighted by Gasteiger charge is -2.21. The van der Waals surface area contributed by atoms with Crippen molar-refractivity contribution in [1.29, 1.82) is 0 Å². The van der Waals surface area contributed by atoms with E-state index in [0.29, 0.717) is 24.3 Å². The van der Waals surface area contributed by atoms with Crippen LogP contribution in [0.25, 0.3) is 0 Å². The fraction of sp³-hybridized carbons (Fsp3) is 0.400. The summed E-state index contributed by atoms with van der Waals surface area (Å²) in [6, 6.07) is 3.26. The van der Waals surface area contributed by atoms with Gasteiger partial charge in [-0.25, -0.2) is 13.5 Å². The van der Waals surface area contributed by atoms with Gasteiger partial charge in [0.25, 0.3) is 0 Å². The molecule has 1 saturated heterocycles. The second-order valence-electron chi connectivity index (χ2n) is 5.67. The molecular weight excluding hydrogens is 322 g/mol. The van der Waals surface area contributed by atoms with Crippen molar-refractivity contribution >= 4 is 11.5 Å². The van der Waals surface area contributed by atoms with Crippen LogP contribution in [-0.2, 0) is 11.8 Å². The molecular formula is C15H16F2N4O3. The summed E-state index contributed by atoms with van der Waals surface area (Å²) in [6.07, 6.45) is 0.0420. The number of hydrogen-bond donors (Lipinski definition) is 1. The third-order valence-corrected chi connectivity index (χ3v) is 4.06. The number of aromatic nitrogens is 2. The highest BCUT2D eigenvalue weighted by Crippen LogP contribution is 2.35. The number of ether oxygens (including phenoxy) is 1. The van der Waals surface area contributed by atoms with Crippen LogP contribution in [-0.4, -0.2) is 27.4 Å². The van der Waals surface area contributed by atoms with E-state index in [4.69, 9.17) is 4.74 Å². The van der Waals surface area contributed by atoms with Crippen molar-refractivity contribution in [2.75, 3.05) is 11.9 Å². The van der Waals surface area contributed by atoms with Crippen molar-refractivity contribution in [3.05, 3.63) is 51.2 Å². The number of hydrogen-bond acceptors (Lipinski definition) is 5. The maximum Gasteiger partial charge on any atom is 0.333 e. The highest BCUT2D eigenvalue weighted by atomic mass is 19.2. The maximum absolute atomic E-state index is 13.5. The van der Waals surface area contributed by atoms with Crippen molar-refractivity contribution < 1.29 is 18.4 Å². The van der Waals surface area contributed by atoms with Gasteiger partial charge in [0.05, 0.1) is 11.0 Å². The Kier molecular flexibility index (Phi) is 4.18. The number of rotatable bonds is 4. The monoisotopic (exact) mass is 338 g/mol. The molecule has 9 heteroatoms. The van der Waals surface area contributed by atoms with Gasteiger partial charge in [-0.15, -0.1) is 0 Å². The molecule has 0 bridgehead atoms. The topological polar surface area (TPSA) is 82.2 Å². The summed E-state index contributed by atoms with van der Waals surface area (Å²) < 4.78 is 33.6. The number of nitrogens with one attached hydrogen (secondary N) is 1. The average molecular weight is 338 g/mol. The van der Waals surface area contributed by atoms with E-state index in [0.717, 1.165) is 12.1 Å². The predicted octanol–water partition coefficient (Wildman–Crippen LogP) is 2.86. The Morgan fingerprint density at radius 1 is 1.42 bits per heavy atom. The van der Waals surface area contributed by atoms with Crippen LogP contribution in [0.3, 0.4) is 0 Å². The van der Waals surface area contributed by atoms with Gasteiger partial charge in [-0.1, -0.05) is 6.07 Å². The Hall–Kier alpha value is -2.55. The zero-order chi connectivity index (χ0) is 17.4. The third-order valence-electron chi connectivity index (χ3n) is 4.06. The Morgan fingerprint density at radius 3 is 2.83 bits per heavy atom. The fourth-order valence-electron chi connectivity index (χ4n) is 2.96. The molecule has 1 aromatic carbocycles. The standard InChI is InChI=1S/C15H16F2N4O3/c1-8-13(21(22)23)15(20(2)19-8)18-12-5-6-24-14(12)9-3-4-10(16)11(17)7-9/h3-4,7,12,14,18H,5-6H2,1-2H3. The molecule has 2 atom stereocenters. The zero-order valence-corrected chi connectivity index (χ0v) is 13.1. The largest absolute Gasteiger partial charge is 0.371 e. The number of nitrogens with zero attached hydrogens (tertiary/aromatic N) is 3. The molecule has 1 aromatic heterocycles. The third kappa shape index (κ3) is 2.82. The minimum atomic E-state index is -0.955. The summed E-state index contributed by atoms with van der Waals surface area (Å²) in [4.78, 5) is 10.8. The molecule has 2 heterocycles. The van der Waals surface area contributed by atoms with Gasteiger partial charge in [-0.3, -0.25) is 10.1 Å². The zero-order valence-electron chi connectivity index (χ0n) is 13.1. The summed E-state index contributed by atoms with van der Waals surface area (Å²) in [5.41, 5.74) is 0.673. The van der Waals surface area contributed by atoms with Crippen molar-refractivity contribution in [1.82, 2.24) is 9.78 Å². The molecule has 1 N–H and O–H groups in total. The Morgan fingerprint density at radius 2 is 2.17 bits per heavy atom. The molecule has 0 aliphatic carbocycles. The van der Waals surface area contributed by atoms with Crippen LogP contribution >= 0.6 is 0 Å². The lowest BCUT2D eigenvalue weighted by molar-refractivity contribution is -0.384. The van der Waals surface area contributed by atoms with Crippen LogP contribution in [0.1, 0.15) is 23.8 Å². The second-order valence-corrected chi connectivity index (χ2v) is 5.67. The van der Waals surface area contributed by atoms with Crippen LogP contribution in [0.4, 0.5) is 20.3 Å². The van der Waals surface area contributed by atoms with Crippen molar-refractivity contribution in [3.63, 3.8) is 0 Å². The Balaban J connectivity index is 1.90. The molecule has 0 spiro atoms. The lowest BCUT2D eigenvalue weighted by atomic mass is 10.0. The molecule has 2 aromatic rings. The first kappa shape index (κ1) is 16.3. The summed E-state index contributed by atoms with van der Waals surface area (Å²) in [5, 5.41) is 18.4. The molecule has 7 nitrogen and oxygen atoms in total. The summed E-state index contributed by atoms with van der Waals surface area (Å²) in [6.45, 7) is 1.97. The molecule has 0 radical (unpaired) electrons. The van der Waals surface area contributed by atoms with Crippen LogP contribution in [0.2, 0.25) is 0 Å². The average Bonchev–Trinajstić information content (AvgIpc) is 3.07. The molecule has 24 heavy (non-hydrogen) atoms. The quantitative estimate of drug-likeness (QED) is 0.685. The van der Waals surface area contributed by atoms with Crippen molar-refractivity contribution in [2.24, 2.45) is 7.05 Å². The van der Waals surface area contributed by atoms with Gasteiger partial charge >= 0.3 is 5.69 Å². The normalized spacial score (nSPS) is 20.3. The fourth-order valence-corrected chi connectivity index (χ4v) is 2.96. The number of halogens is 2. The molecule has 0 saturated carbocycles. The van der Waals surface area contributed by atoms with Crippen LogP contribution in [0.5, 0.6) is 0 Å². The Labute approximate surface area is 136 Å². The van der Waals surface area contributed by atoms with Crippen LogP contribution in [0, 0.1) is 28.7 Å². The van der Waals surface area contributed by atoms with Gasteiger partial charge in [-0.05, 0) is 31.0 Å². The van der Waals surface area contributed by atoms with E-state index in [-0.39, 0.29) is 17.5 Å². The molecule has 2 unspecified atom stereocenters. The van der Waals surface area contributed by atoms with Crippen LogP contribution in [0.15, 0.2) is 18.2 Å². The van der Waals surface area contributed by atoms with Gasteiger partial charge < -0.3 is 10.1 Å². The van der Waals surface area contributed by atoms with Crippen molar-refractivity contribution in [3.8, 4) is 0 Å². The van der Waals surface area contributed by atoms with E-state index in [1.165, 1.54) is 10.7 Å². The number of benzene rings is 1. The highest BCUT2D eigenvalue weighted by molar-refractivity contribution is 5.60. The molecule has 1 aliphatic rings. The first-order chi connectivity index (χ1) is 11.4. The molecule has 1 aliphatic heterocycles. The number of aryl methyl sites for hydroxylation is 2.